The molecule has 0 saturated heterocycles. The van der Waals surface area contributed by atoms with E-state index in [0.29, 0.717) is 5.69 Å². The zero-order chi connectivity index (χ0) is 20.1. The second-order valence-electron chi connectivity index (χ2n) is 6.50. The van der Waals surface area contributed by atoms with Crippen LogP contribution in [0.4, 0.5) is 10.1 Å². The van der Waals surface area contributed by atoms with Crippen molar-refractivity contribution in [2.75, 3.05) is 19.0 Å². The lowest BCUT2D eigenvalue weighted by atomic mass is 10.1. The quantitative estimate of drug-likeness (QED) is 0.504. The predicted molar refractivity (Wildman–Crippen MR) is 112 cm³/mol. The summed E-state index contributed by atoms with van der Waals surface area (Å²) in [6.07, 6.45) is 0.133. The van der Waals surface area contributed by atoms with Crippen LogP contribution in [0.5, 0.6) is 0 Å². The number of benzene rings is 2. The van der Waals surface area contributed by atoms with E-state index in [2.05, 4.69) is 15.5 Å². The Labute approximate surface area is 167 Å². The first-order chi connectivity index (χ1) is 13.4. The number of nitrogens with one attached hydrogen (secondary N) is 1. The van der Waals surface area contributed by atoms with E-state index in [0.717, 1.165) is 27.5 Å². The number of aromatic nitrogens is 1. The molecule has 0 unspecified atom stereocenters. The zero-order valence-corrected chi connectivity index (χ0v) is 16.8. The average Bonchev–Trinajstić information content (AvgIpc) is 3.15. The first kappa shape index (κ1) is 19.7. The van der Waals surface area contributed by atoms with Crippen LogP contribution >= 0.6 is 11.3 Å². The van der Waals surface area contributed by atoms with E-state index in [9.17, 15) is 9.18 Å². The maximum Gasteiger partial charge on any atom is 0.246 e. The van der Waals surface area contributed by atoms with Crippen LogP contribution in [0.1, 0.15) is 18.2 Å². The van der Waals surface area contributed by atoms with Crippen LogP contribution in [0.3, 0.4) is 0 Å². The van der Waals surface area contributed by atoms with E-state index in [1.165, 1.54) is 23.5 Å². The van der Waals surface area contributed by atoms with Crippen molar-refractivity contribution < 1.29 is 9.18 Å². The van der Waals surface area contributed by atoms with Crippen LogP contribution in [-0.2, 0) is 11.2 Å². The number of carbonyl (C=O) groups is 1. The molecule has 28 heavy (non-hydrogen) atoms. The number of hydrogen-bond acceptors (Lipinski definition) is 5. The molecule has 0 aliphatic heterocycles. The van der Waals surface area contributed by atoms with Crippen molar-refractivity contribution in [2.24, 2.45) is 5.10 Å². The van der Waals surface area contributed by atoms with E-state index < -0.39 is 0 Å². The molecular weight excluding hydrogens is 375 g/mol. The Hall–Kier alpha value is -3.06. The highest BCUT2D eigenvalue weighted by molar-refractivity contribution is 7.13. The second kappa shape index (κ2) is 8.75. The van der Waals surface area contributed by atoms with Gasteiger partial charge in [0.15, 0.2) is 0 Å². The topological polar surface area (TPSA) is 57.6 Å². The third kappa shape index (κ3) is 5.01. The van der Waals surface area contributed by atoms with Gasteiger partial charge in [-0.15, -0.1) is 11.3 Å². The van der Waals surface area contributed by atoms with Crippen molar-refractivity contribution in [2.45, 2.75) is 13.3 Å². The molecule has 5 nitrogen and oxygen atoms in total. The normalized spacial score (nSPS) is 11.4. The standard InChI is InChI=1S/C21H21FN4OS/c1-14(15-6-10-19(11-7-15)26(2)3)24-25-20(27)12-18-13-28-21(23-18)16-4-8-17(22)9-5-16/h4-11,13H,12H2,1-3H3,(H,25,27)/b24-14-. The zero-order valence-electron chi connectivity index (χ0n) is 15.9. The van der Waals surface area contributed by atoms with E-state index in [4.69, 9.17) is 0 Å². The number of hydrogen-bond donors (Lipinski definition) is 1. The van der Waals surface area contributed by atoms with Crippen molar-refractivity contribution in [3.8, 4) is 10.6 Å². The van der Waals surface area contributed by atoms with Gasteiger partial charge in [0.05, 0.1) is 17.8 Å². The van der Waals surface area contributed by atoms with Gasteiger partial charge in [0.2, 0.25) is 5.91 Å². The number of carbonyl (C=O) groups excluding carboxylic acids is 1. The molecule has 7 heteroatoms. The van der Waals surface area contributed by atoms with Crippen molar-refractivity contribution >= 4 is 28.6 Å². The predicted octanol–water partition coefficient (Wildman–Crippen LogP) is 4.10. The smallest absolute Gasteiger partial charge is 0.246 e. The average molecular weight is 396 g/mol. The Balaban J connectivity index is 1.59. The van der Waals surface area contributed by atoms with Gasteiger partial charge in [0.25, 0.3) is 0 Å². The molecule has 0 bridgehead atoms. The van der Waals surface area contributed by atoms with Gasteiger partial charge >= 0.3 is 0 Å². The van der Waals surface area contributed by atoms with Gasteiger partial charge < -0.3 is 4.90 Å². The fourth-order valence-corrected chi connectivity index (χ4v) is 3.35. The minimum Gasteiger partial charge on any atom is -0.378 e. The van der Waals surface area contributed by atoms with Crippen LogP contribution in [0.25, 0.3) is 10.6 Å². The molecule has 0 aliphatic carbocycles. The molecule has 0 spiro atoms. The van der Waals surface area contributed by atoms with Gasteiger partial charge in [-0.1, -0.05) is 12.1 Å². The lowest BCUT2D eigenvalue weighted by Crippen LogP contribution is -2.21. The Morgan fingerprint density at radius 1 is 1.14 bits per heavy atom. The van der Waals surface area contributed by atoms with Crippen molar-refractivity contribution in [1.82, 2.24) is 10.4 Å². The molecule has 1 N–H and O–H groups in total. The molecule has 1 heterocycles. The monoisotopic (exact) mass is 396 g/mol. The van der Waals surface area contributed by atoms with Gasteiger partial charge in [0, 0.05) is 30.7 Å². The van der Waals surface area contributed by atoms with Crippen LogP contribution in [-0.4, -0.2) is 30.7 Å². The minimum atomic E-state index is -0.288. The summed E-state index contributed by atoms with van der Waals surface area (Å²) in [4.78, 5) is 18.6. The number of hydrazone groups is 1. The molecule has 2 aromatic carbocycles. The molecule has 0 aliphatic rings. The minimum absolute atomic E-state index is 0.133. The fraction of sp³-hybridized carbons (Fsp3) is 0.190. The molecule has 0 fully saturated rings. The number of nitrogens with zero attached hydrogens (tertiary/aromatic N) is 3. The maximum atomic E-state index is 13.0. The van der Waals surface area contributed by atoms with E-state index in [1.807, 2.05) is 55.6 Å². The lowest BCUT2D eigenvalue weighted by Gasteiger charge is -2.12. The van der Waals surface area contributed by atoms with Gasteiger partial charge in [-0.25, -0.2) is 14.8 Å². The van der Waals surface area contributed by atoms with Crippen molar-refractivity contribution in [1.29, 1.82) is 0 Å². The maximum absolute atomic E-state index is 13.0. The van der Waals surface area contributed by atoms with Gasteiger partial charge in [-0.2, -0.15) is 5.10 Å². The highest BCUT2D eigenvalue weighted by atomic mass is 32.1. The Morgan fingerprint density at radius 2 is 1.82 bits per heavy atom. The van der Waals surface area contributed by atoms with E-state index >= 15 is 0 Å². The number of anilines is 1. The number of amides is 1. The van der Waals surface area contributed by atoms with Gasteiger partial charge in [0.1, 0.15) is 10.8 Å². The third-order valence-electron chi connectivity index (χ3n) is 4.13. The van der Waals surface area contributed by atoms with Crippen LogP contribution in [0.15, 0.2) is 59.0 Å². The molecule has 0 saturated carbocycles. The lowest BCUT2D eigenvalue weighted by molar-refractivity contribution is -0.120. The first-order valence-electron chi connectivity index (χ1n) is 8.73. The van der Waals surface area contributed by atoms with Gasteiger partial charge in [-0.05, 0) is 48.9 Å². The Bertz CT molecular complexity index is 978. The van der Waals surface area contributed by atoms with E-state index in [1.54, 1.807) is 12.1 Å². The molecule has 3 rings (SSSR count). The SMILES string of the molecule is C/C(=N/NC(=O)Cc1csc(-c2ccc(F)cc2)n1)c1ccc(N(C)C)cc1. The molecule has 0 atom stereocenters. The number of thiazole rings is 1. The molecule has 144 valence electrons. The van der Waals surface area contributed by atoms with Crippen molar-refractivity contribution in [3.05, 3.63) is 71.0 Å². The van der Waals surface area contributed by atoms with Crippen molar-refractivity contribution in [3.63, 3.8) is 0 Å². The largest absolute Gasteiger partial charge is 0.378 e. The number of halogens is 1. The molecule has 1 amide bonds. The summed E-state index contributed by atoms with van der Waals surface area (Å²) in [5, 5.41) is 6.76. The van der Waals surface area contributed by atoms with Crippen LogP contribution < -0.4 is 10.3 Å². The summed E-state index contributed by atoms with van der Waals surface area (Å²) in [5.41, 5.74) is 6.83. The highest BCUT2D eigenvalue weighted by Gasteiger charge is 2.09. The summed E-state index contributed by atoms with van der Waals surface area (Å²) in [5.74, 6) is -0.523. The summed E-state index contributed by atoms with van der Waals surface area (Å²) < 4.78 is 13.0. The number of rotatable bonds is 6. The molecular formula is C21H21FN4OS. The molecule has 3 aromatic rings. The summed E-state index contributed by atoms with van der Waals surface area (Å²) in [6.45, 7) is 1.85. The first-order valence-corrected chi connectivity index (χ1v) is 9.61. The summed E-state index contributed by atoms with van der Waals surface area (Å²) in [7, 11) is 3.96. The highest BCUT2D eigenvalue weighted by Crippen LogP contribution is 2.24. The van der Waals surface area contributed by atoms with E-state index in [-0.39, 0.29) is 18.1 Å². The molecule has 1 aromatic heterocycles. The summed E-state index contributed by atoms with van der Waals surface area (Å²) >= 11 is 1.42. The Morgan fingerprint density at radius 3 is 2.46 bits per heavy atom. The molecule has 0 radical (unpaired) electrons. The second-order valence-corrected chi connectivity index (χ2v) is 7.36. The van der Waals surface area contributed by atoms with Crippen LogP contribution in [0, 0.1) is 5.82 Å². The summed E-state index contributed by atoms with van der Waals surface area (Å²) in [6, 6.07) is 14.1. The van der Waals surface area contributed by atoms with Crippen LogP contribution in [0.2, 0.25) is 0 Å². The Kier molecular flexibility index (Phi) is 6.16. The van der Waals surface area contributed by atoms with Gasteiger partial charge in [-0.3, -0.25) is 4.79 Å². The third-order valence-corrected chi connectivity index (χ3v) is 5.07. The fourth-order valence-electron chi connectivity index (χ4n) is 2.53.